The van der Waals surface area contributed by atoms with E-state index in [-0.39, 0.29) is 5.78 Å². The molecule has 0 bridgehead atoms. The quantitative estimate of drug-likeness (QED) is 0.539. The van der Waals surface area contributed by atoms with Crippen molar-refractivity contribution in [2.24, 2.45) is 0 Å². The van der Waals surface area contributed by atoms with Gasteiger partial charge in [0.25, 0.3) is 0 Å². The molecule has 1 aromatic rings. The van der Waals surface area contributed by atoms with Crippen molar-refractivity contribution in [3.63, 3.8) is 0 Å². The summed E-state index contributed by atoms with van der Waals surface area (Å²) in [7, 11) is 1.36. The van der Waals surface area contributed by atoms with Gasteiger partial charge in [-0.2, -0.15) is 0 Å². The summed E-state index contributed by atoms with van der Waals surface area (Å²) >= 11 is 0. The maximum absolute atomic E-state index is 13.6. The molecular formula is C19H28O4P+. The topological polar surface area (TPSA) is 52.6 Å². The van der Waals surface area contributed by atoms with Gasteiger partial charge in [-0.25, -0.2) is 0 Å². The molecule has 24 heavy (non-hydrogen) atoms. The molecule has 0 aliphatic heterocycles. The summed E-state index contributed by atoms with van der Waals surface area (Å²) in [6.45, 7) is 5.86. The molecular weight excluding hydrogens is 323 g/mol. The largest absolute Gasteiger partial charge is 0.496 e. The number of methoxy groups -OCH3 is 2. The molecule has 1 saturated carbocycles. The number of carbonyl (C=O) groups is 1. The van der Waals surface area contributed by atoms with Crippen molar-refractivity contribution < 1.29 is 18.8 Å². The highest BCUT2D eigenvalue weighted by molar-refractivity contribution is 7.49. The molecule has 0 radical (unpaired) electrons. The number of hydrogen-bond acceptors (Lipinski definition) is 4. The van der Waals surface area contributed by atoms with Crippen molar-refractivity contribution in [3.05, 3.63) is 23.8 Å². The third-order valence-corrected chi connectivity index (χ3v) is 7.40. The van der Waals surface area contributed by atoms with Crippen LogP contribution in [-0.2, 0) is 4.57 Å². The van der Waals surface area contributed by atoms with Crippen molar-refractivity contribution in [1.29, 1.82) is 0 Å². The van der Waals surface area contributed by atoms with Gasteiger partial charge in [-0.05, 0) is 45.7 Å². The van der Waals surface area contributed by atoms with E-state index in [4.69, 9.17) is 9.47 Å². The Morgan fingerprint density at radius 3 is 1.96 bits per heavy atom. The van der Waals surface area contributed by atoms with Gasteiger partial charge in [0, 0.05) is 12.8 Å². The van der Waals surface area contributed by atoms with E-state index in [1.165, 1.54) is 0 Å². The van der Waals surface area contributed by atoms with Crippen LogP contribution < -0.4 is 9.47 Å². The summed E-state index contributed by atoms with van der Waals surface area (Å²) in [5, 5.41) is -1.24. The summed E-state index contributed by atoms with van der Waals surface area (Å²) in [4.78, 5) is 13.6. The lowest BCUT2D eigenvalue weighted by atomic mass is 9.82. The normalized spacial score (nSPS) is 18.0. The van der Waals surface area contributed by atoms with Gasteiger partial charge in [0.1, 0.15) is 17.1 Å². The van der Waals surface area contributed by atoms with E-state index < -0.39 is 18.1 Å². The third kappa shape index (κ3) is 3.35. The molecule has 2 rings (SSSR count). The fourth-order valence-corrected chi connectivity index (χ4v) is 5.91. The van der Waals surface area contributed by atoms with E-state index in [1.54, 1.807) is 32.4 Å². The molecule has 1 atom stereocenters. The van der Waals surface area contributed by atoms with Crippen LogP contribution in [0.25, 0.3) is 0 Å². The van der Waals surface area contributed by atoms with Gasteiger partial charge in [0.15, 0.2) is 5.16 Å². The molecule has 0 saturated heterocycles. The van der Waals surface area contributed by atoms with E-state index in [1.807, 2.05) is 20.8 Å². The lowest BCUT2D eigenvalue weighted by Crippen LogP contribution is -2.41. The predicted octanol–water partition coefficient (Wildman–Crippen LogP) is 5.22. The van der Waals surface area contributed by atoms with Crippen LogP contribution in [0.3, 0.4) is 0 Å². The molecule has 1 aliphatic rings. The summed E-state index contributed by atoms with van der Waals surface area (Å²) in [6.07, 6.45) is 4.28. The van der Waals surface area contributed by atoms with Crippen molar-refractivity contribution in [2.45, 2.75) is 63.2 Å². The minimum Gasteiger partial charge on any atom is -0.496 e. The third-order valence-electron chi connectivity index (χ3n) is 4.76. The number of carbonyl (C=O) groups excluding carboxylic acids is 1. The Labute approximate surface area is 145 Å². The van der Waals surface area contributed by atoms with Crippen molar-refractivity contribution in [1.82, 2.24) is 0 Å². The minimum absolute atomic E-state index is 0.0902. The zero-order chi connectivity index (χ0) is 18.0. The highest BCUT2D eigenvalue weighted by Crippen LogP contribution is 2.58. The average molecular weight is 351 g/mol. The Morgan fingerprint density at radius 1 is 1.04 bits per heavy atom. The number of ether oxygens (including phenoxy) is 2. The van der Waals surface area contributed by atoms with Crippen LogP contribution >= 0.6 is 7.80 Å². The van der Waals surface area contributed by atoms with Gasteiger partial charge < -0.3 is 9.47 Å². The summed E-state index contributed by atoms with van der Waals surface area (Å²) < 4.78 is 24.2. The number of hydrogen-bond donors (Lipinski definition) is 0. The van der Waals surface area contributed by atoms with E-state index >= 15 is 0 Å². The Balaban J connectivity index is 2.60. The summed E-state index contributed by atoms with van der Waals surface area (Å²) in [5.41, 5.74) is 0.428. The Bertz CT molecular complexity index is 602. The lowest BCUT2D eigenvalue weighted by molar-refractivity contribution is 0.0904. The SMILES string of the molecule is COc1cccc(OC)c1C(=O)C1([P+](=O)C(C)(C)C)CCCCC1. The van der Waals surface area contributed by atoms with Gasteiger partial charge in [-0.1, -0.05) is 17.1 Å². The second-order valence-corrected chi connectivity index (χ2v) is 10.2. The van der Waals surface area contributed by atoms with E-state index in [0.717, 1.165) is 19.3 Å². The van der Waals surface area contributed by atoms with Crippen molar-refractivity contribution in [2.75, 3.05) is 14.2 Å². The number of benzene rings is 1. The first-order valence-electron chi connectivity index (χ1n) is 8.51. The van der Waals surface area contributed by atoms with Crippen LogP contribution in [0, 0.1) is 0 Å². The number of ketones is 1. The Hall–Kier alpha value is -1.41. The van der Waals surface area contributed by atoms with Gasteiger partial charge >= 0.3 is 7.80 Å². The highest BCUT2D eigenvalue weighted by Gasteiger charge is 2.61. The van der Waals surface area contributed by atoms with Gasteiger partial charge in [-0.15, -0.1) is 0 Å². The minimum atomic E-state index is -1.73. The smallest absolute Gasteiger partial charge is 0.358 e. The average Bonchev–Trinajstić information content (AvgIpc) is 2.59. The first-order chi connectivity index (χ1) is 11.3. The molecule has 0 N–H and O–H groups in total. The van der Waals surface area contributed by atoms with Crippen molar-refractivity contribution >= 4 is 13.6 Å². The van der Waals surface area contributed by atoms with Gasteiger partial charge in [0.2, 0.25) is 10.9 Å². The molecule has 5 heteroatoms. The molecule has 0 spiro atoms. The molecule has 1 fully saturated rings. The first-order valence-corrected chi connectivity index (χ1v) is 9.77. The molecule has 1 aliphatic carbocycles. The van der Waals surface area contributed by atoms with Crippen molar-refractivity contribution in [3.8, 4) is 11.5 Å². The molecule has 1 unspecified atom stereocenters. The summed E-state index contributed by atoms with van der Waals surface area (Å²) in [5.74, 6) is 0.885. The standard InChI is InChI=1S/C19H28O4P/c1-18(2,3)24(21)19(12-7-6-8-13-19)17(20)16-14(22-4)10-9-11-15(16)23-5/h9-11H,6-8,12-13H2,1-5H3/q+1. The maximum atomic E-state index is 13.6. The fourth-order valence-electron chi connectivity index (χ4n) is 3.61. The molecule has 1 aromatic carbocycles. The van der Waals surface area contributed by atoms with Crippen LogP contribution in [-0.4, -0.2) is 30.3 Å². The Kier molecular flexibility index (Phi) is 5.70. The monoisotopic (exact) mass is 351 g/mol. The first kappa shape index (κ1) is 18.9. The maximum Gasteiger partial charge on any atom is 0.358 e. The van der Waals surface area contributed by atoms with Crippen LogP contribution in [0.1, 0.15) is 63.2 Å². The second-order valence-electron chi connectivity index (χ2n) is 7.42. The Morgan fingerprint density at radius 2 is 1.54 bits per heavy atom. The number of Topliss-reactive ketones (excluding diaryl/α,β-unsaturated/α-hetero) is 1. The molecule has 4 nitrogen and oxygen atoms in total. The van der Waals surface area contributed by atoms with Crippen LogP contribution in [0.15, 0.2) is 18.2 Å². The molecule has 0 heterocycles. The van der Waals surface area contributed by atoms with Gasteiger partial charge in [0.05, 0.1) is 14.2 Å². The fraction of sp³-hybridized carbons (Fsp3) is 0.632. The van der Waals surface area contributed by atoms with E-state index in [2.05, 4.69) is 0 Å². The lowest BCUT2D eigenvalue weighted by Gasteiger charge is -2.31. The predicted molar refractivity (Wildman–Crippen MR) is 97.1 cm³/mol. The van der Waals surface area contributed by atoms with Crippen LogP contribution in [0.4, 0.5) is 0 Å². The zero-order valence-corrected chi connectivity index (χ0v) is 16.2. The molecule has 132 valence electrons. The van der Waals surface area contributed by atoms with E-state index in [0.29, 0.717) is 29.9 Å². The number of rotatable bonds is 5. The highest BCUT2D eigenvalue weighted by atomic mass is 31.1. The van der Waals surface area contributed by atoms with Gasteiger partial charge in [-0.3, -0.25) is 4.79 Å². The summed E-state index contributed by atoms with van der Waals surface area (Å²) in [6, 6.07) is 5.32. The molecule has 0 aromatic heterocycles. The van der Waals surface area contributed by atoms with Crippen LogP contribution in [0.2, 0.25) is 0 Å². The molecule has 0 amide bonds. The van der Waals surface area contributed by atoms with E-state index in [9.17, 15) is 9.36 Å². The zero-order valence-electron chi connectivity index (χ0n) is 15.3. The second kappa shape index (κ2) is 7.23. The van der Waals surface area contributed by atoms with Crippen LogP contribution in [0.5, 0.6) is 11.5 Å².